The van der Waals surface area contributed by atoms with E-state index >= 15 is 0 Å². The number of hydrogen-bond acceptors (Lipinski definition) is 3. The number of anilines is 1. The van der Waals surface area contributed by atoms with Crippen LogP contribution in [-0.4, -0.2) is 25.7 Å². The molecule has 1 aromatic carbocycles. The van der Waals surface area contributed by atoms with Crippen LogP contribution < -0.4 is 4.90 Å². The molecular formula is C12H14N2O. The van der Waals surface area contributed by atoms with Gasteiger partial charge in [0.25, 0.3) is 0 Å². The van der Waals surface area contributed by atoms with Gasteiger partial charge in [-0.3, -0.25) is 4.99 Å². The maximum absolute atomic E-state index is 10.3. The third-order valence-corrected chi connectivity index (χ3v) is 2.48. The number of hydrogen-bond donors (Lipinski definition) is 0. The Kier molecular flexibility index (Phi) is 3.12. The topological polar surface area (TPSA) is 32.7 Å². The third kappa shape index (κ3) is 2.43. The number of aldehydes is 1. The van der Waals surface area contributed by atoms with E-state index in [0.29, 0.717) is 6.42 Å². The minimum atomic E-state index is 0.595. The second-order valence-corrected chi connectivity index (χ2v) is 3.59. The van der Waals surface area contributed by atoms with E-state index in [1.807, 2.05) is 12.4 Å². The molecule has 1 aliphatic heterocycles. The molecule has 3 heteroatoms. The molecular weight excluding hydrogens is 188 g/mol. The summed E-state index contributed by atoms with van der Waals surface area (Å²) in [6, 6.07) is 8.28. The van der Waals surface area contributed by atoms with Crippen molar-refractivity contribution in [2.45, 2.75) is 12.8 Å². The van der Waals surface area contributed by atoms with Crippen molar-refractivity contribution in [3.63, 3.8) is 0 Å². The number of rotatable bonds is 4. The fourth-order valence-electron chi connectivity index (χ4n) is 1.69. The summed E-state index contributed by atoms with van der Waals surface area (Å²) in [6.07, 6.45) is 4.25. The first-order valence-corrected chi connectivity index (χ1v) is 5.19. The van der Waals surface area contributed by atoms with Crippen LogP contribution in [0, 0.1) is 0 Å². The molecule has 0 spiro atoms. The average molecular weight is 202 g/mol. The summed E-state index contributed by atoms with van der Waals surface area (Å²) in [5, 5.41) is 0. The highest BCUT2D eigenvalue weighted by molar-refractivity contribution is 5.81. The summed E-state index contributed by atoms with van der Waals surface area (Å²) < 4.78 is 0. The minimum Gasteiger partial charge on any atom is -0.331 e. The van der Waals surface area contributed by atoms with Gasteiger partial charge in [0.1, 0.15) is 6.29 Å². The van der Waals surface area contributed by atoms with Crippen molar-refractivity contribution in [2.24, 2.45) is 4.99 Å². The summed E-state index contributed by atoms with van der Waals surface area (Å²) in [5.74, 6) is 0. The molecule has 0 radical (unpaired) electrons. The van der Waals surface area contributed by atoms with Crippen LogP contribution in [0.2, 0.25) is 0 Å². The monoisotopic (exact) mass is 202 g/mol. The molecule has 0 atom stereocenters. The highest BCUT2D eigenvalue weighted by Gasteiger charge is 2.07. The highest BCUT2D eigenvalue weighted by atomic mass is 16.1. The van der Waals surface area contributed by atoms with Gasteiger partial charge >= 0.3 is 0 Å². The van der Waals surface area contributed by atoms with E-state index in [0.717, 1.165) is 25.8 Å². The van der Waals surface area contributed by atoms with Crippen LogP contribution in [0.15, 0.2) is 29.3 Å². The first-order valence-electron chi connectivity index (χ1n) is 5.19. The molecule has 0 aromatic heterocycles. The van der Waals surface area contributed by atoms with Crippen LogP contribution in [0.1, 0.15) is 12.0 Å². The van der Waals surface area contributed by atoms with Gasteiger partial charge in [0.2, 0.25) is 0 Å². The Bertz CT molecular complexity index is 374. The fraction of sp³-hybridized carbons (Fsp3) is 0.333. The van der Waals surface area contributed by atoms with Gasteiger partial charge < -0.3 is 9.69 Å². The van der Waals surface area contributed by atoms with Crippen LogP contribution in [0.25, 0.3) is 0 Å². The molecule has 2 rings (SSSR count). The van der Waals surface area contributed by atoms with Gasteiger partial charge in [-0.1, -0.05) is 12.1 Å². The molecule has 15 heavy (non-hydrogen) atoms. The molecule has 1 aliphatic rings. The van der Waals surface area contributed by atoms with E-state index in [1.165, 1.54) is 11.3 Å². The van der Waals surface area contributed by atoms with Crippen LogP contribution in [0.5, 0.6) is 0 Å². The average Bonchev–Trinajstić information content (AvgIpc) is 2.80. The Morgan fingerprint density at radius 1 is 1.47 bits per heavy atom. The number of nitrogens with zero attached hydrogens (tertiary/aromatic N) is 2. The zero-order valence-electron chi connectivity index (χ0n) is 8.60. The predicted molar refractivity (Wildman–Crippen MR) is 61.5 cm³/mol. The van der Waals surface area contributed by atoms with Crippen molar-refractivity contribution in [3.8, 4) is 0 Å². The van der Waals surface area contributed by atoms with Gasteiger partial charge in [0, 0.05) is 18.7 Å². The second kappa shape index (κ2) is 4.73. The molecule has 78 valence electrons. The predicted octanol–water partition coefficient (Wildman–Crippen LogP) is 1.67. The molecule has 0 fully saturated rings. The van der Waals surface area contributed by atoms with Crippen molar-refractivity contribution in [1.29, 1.82) is 0 Å². The van der Waals surface area contributed by atoms with Crippen molar-refractivity contribution in [1.82, 2.24) is 0 Å². The molecule has 0 N–H and O–H groups in total. The first-order chi connectivity index (χ1) is 7.40. The smallest absolute Gasteiger partial charge is 0.120 e. The van der Waals surface area contributed by atoms with Crippen molar-refractivity contribution >= 4 is 18.3 Å². The molecule has 0 unspecified atom stereocenters. The van der Waals surface area contributed by atoms with Gasteiger partial charge in [0.15, 0.2) is 0 Å². The van der Waals surface area contributed by atoms with Crippen molar-refractivity contribution in [3.05, 3.63) is 29.8 Å². The highest BCUT2D eigenvalue weighted by Crippen LogP contribution is 2.17. The summed E-state index contributed by atoms with van der Waals surface area (Å²) in [5.41, 5.74) is 2.37. The molecule has 0 saturated heterocycles. The lowest BCUT2D eigenvalue weighted by atomic mass is 10.1. The summed E-state index contributed by atoms with van der Waals surface area (Å²) in [7, 11) is 0. The summed E-state index contributed by atoms with van der Waals surface area (Å²) >= 11 is 0. The van der Waals surface area contributed by atoms with E-state index in [-0.39, 0.29) is 0 Å². The van der Waals surface area contributed by atoms with E-state index < -0.39 is 0 Å². The zero-order chi connectivity index (χ0) is 10.5. The molecule has 1 aromatic rings. The number of benzene rings is 1. The van der Waals surface area contributed by atoms with Gasteiger partial charge in [-0.15, -0.1) is 0 Å². The van der Waals surface area contributed by atoms with Crippen LogP contribution in [0.3, 0.4) is 0 Å². The Morgan fingerprint density at radius 2 is 2.40 bits per heavy atom. The van der Waals surface area contributed by atoms with Crippen LogP contribution in [-0.2, 0) is 11.2 Å². The molecule has 3 nitrogen and oxygen atoms in total. The number of aryl methyl sites for hydroxylation is 1. The first kappa shape index (κ1) is 9.90. The SMILES string of the molecule is O=CCCc1cccc(N2C=NCC2)c1. The summed E-state index contributed by atoms with van der Waals surface area (Å²) in [4.78, 5) is 16.6. The lowest BCUT2D eigenvalue weighted by Gasteiger charge is -2.14. The van der Waals surface area contributed by atoms with Crippen molar-refractivity contribution in [2.75, 3.05) is 18.0 Å². The van der Waals surface area contributed by atoms with Gasteiger partial charge in [-0.05, 0) is 24.1 Å². The Balaban J connectivity index is 2.11. The van der Waals surface area contributed by atoms with Crippen LogP contribution >= 0.6 is 0 Å². The molecule has 0 aliphatic carbocycles. The fourth-order valence-corrected chi connectivity index (χ4v) is 1.69. The van der Waals surface area contributed by atoms with Gasteiger partial charge in [0.05, 0.1) is 12.9 Å². The second-order valence-electron chi connectivity index (χ2n) is 3.59. The Morgan fingerprint density at radius 3 is 3.13 bits per heavy atom. The summed E-state index contributed by atoms with van der Waals surface area (Å²) in [6.45, 7) is 1.83. The molecule has 0 amide bonds. The van der Waals surface area contributed by atoms with Crippen LogP contribution in [0.4, 0.5) is 5.69 Å². The third-order valence-electron chi connectivity index (χ3n) is 2.48. The minimum absolute atomic E-state index is 0.595. The van der Waals surface area contributed by atoms with E-state index in [2.05, 4.69) is 28.1 Å². The van der Waals surface area contributed by atoms with E-state index in [4.69, 9.17) is 0 Å². The normalized spacial score (nSPS) is 14.5. The number of aliphatic imine (C=N–C) groups is 1. The zero-order valence-corrected chi connectivity index (χ0v) is 8.60. The molecule has 0 bridgehead atoms. The lowest BCUT2D eigenvalue weighted by Crippen LogP contribution is -2.18. The lowest BCUT2D eigenvalue weighted by molar-refractivity contribution is -0.107. The van der Waals surface area contributed by atoms with E-state index in [9.17, 15) is 4.79 Å². The maximum atomic E-state index is 10.3. The molecule has 1 heterocycles. The standard InChI is InChI=1S/C12H14N2O/c15-8-2-4-11-3-1-5-12(9-11)14-7-6-13-10-14/h1,3,5,8-10H,2,4,6-7H2. The maximum Gasteiger partial charge on any atom is 0.120 e. The van der Waals surface area contributed by atoms with Crippen molar-refractivity contribution < 1.29 is 4.79 Å². The van der Waals surface area contributed by atoms with E-state index in [1.54, 1.807) is 0 Å². The Hall–Kier alpha value is -1.64. The number of carbonyl (C=O) groups excluding carboxylic acids is 1. The number of carbonyl (C=O) groups is 1. The Labute approximate surface area is 89.4 Å². The molecule has 0 saturated carbocycles. The largest absolute Gasteiger partial charge is 0.331 e. The van der Waals surface area contributed by atoms with Gasteiger partial charge in [-0.2, -0.15) is 0 Å². The van der Waals surface area contributed by atoms with Gasteiger partial charge in [-0.25, -0.2) is 0 Å². The quantitative estimate of drug-likeness (QED) is 0.696.